The van der Waals surface area contributed by atoms with Crippen molar-refractivity contribution >= 4 is 17.0 Å². The van der Waals surface area contributed by atoms with Crippen molar-refractivity contribution in [3.05, 3.63) is 22.1 Å². The smallest absolute Gasteiger partial charge is 0.0651 e. The molecule has 0 aromatic rings. The summed E-state index contributed by atoms with van der Waals surface area (Å²) in [4.78, 5) is 5.50. The quantitative estimate of drug-likeness (QED) is 0.738. The lowest BCUT2D eigenvalue weighted by atomic mass is 9.92. The molecule has 0 amide bonds. The molecule has 3 nitrogen and oxygen atoms in total. The van der Waals surface area contributed by atoms with E-state index < -0.39 is 10.8 Å². The number of hydrogen-bond acceptors (Lipinski definition) is 3. The van der Waals surface area contributed by atoms with Gasteiger partial charge in [0.05, 0.1) is 23.1 Å². The van der Waals surface area contributed by atoms with Crippen LogP contribution in [0.15, 0.2) is 27.1 Å². The topological polar surface area (TPSA) is 41.5 Å². The normalized spacial score (nSPS) is 30.5. The van der Waals surface area contributed by atoms with Crippen LogP contribution in [-0.2, 0) is 10.8 Å². The highest BCUT2D eigenvalue weighted by atomic mass is 32.2. The van der Waals surface area contributed by atoms with Gasteiger partial charge in [-0.25, -0.2) is 0 Å². The SMILES string of the molecule is O=S1CC2=CC=NCC2=C1C1CCNCC1. The van der Waals surface area contributed by atoms with Gasteiger partial charge in [-0.2, -0.15) is 0 Å². The zero-order chi connectivity index (χ0) is 11.0. The van der Waals surface area contributed by atoms with E-state index in [4.69, 9.17) is 0 Å². The summed E-state index contributed by atoms with van der Waals surface area (Å²) in [6.45, 7) is 2.86. The van der Waals surface area contributed by atoms with Crippen molar-refractivity contribution in [2.45, 2.75) is 12.8 Å². The monoisotopic (exact) mass is 236 g/mol. The number of nitrogens with zero attached hydrogens (tertiary/aromatic N) is 1. The summed E-state index contributed by atoms with van der Waals surface area (Å²) in [6.07, 6.45) is 6.13. The van der Waals surface area contributed by atoms with Gasteiger partial charge in [0.25, 0.3) is 0 Å². The van der Waals surface area contributed by atoms with Crippen LogP contribution in [-0.4, -0.2) is 35.8 Å². The van der Waals surface area contributed by atoms with Gasteiger partial charge >= 0.3 is 0 Å². The second kappa shape index (κ2) is 4.26. The first-order valence-corrected chi connectivity index (χ1v) is 7.19. The highest BCUT2D eigenvalue weighted by molar-refractivity contribution is 7.89. The van der Waals surface area contributed by atoms with Crippen molar-refractivity contribution in [3.8, 4) is 0 Å². The molecule has 0 aromatic carbocycles. The van der Waals surface area contributed by atoms with Gasteiger partial charge in [-0.1, -0.05) is 0 Å². The molecule has 0 aromatic heterocycles. The van der Waals surface area contributed by atoms with E-state index in [0.717, 1.165) is 38.2 Å². The largest absolute Gasteiger partial charge is 0.317 e. The zero-order valence-corrected chi connectivity index (χ0v) is 10.1. The molecule has 0 radical (unpaired) electrons. The number of hydrogen-bond donors (Lipinski definition) is 1. The summed E-state index contributed by atoms with van der Waals surface area (Å²) in [7, 11) is -0.775. The van der Waals surface area contributed by atoms with E-state index in [-0.39, 0.29) is 0 Å². The molecule has 3 aliphatic heterocycles. The van der Waals surface area contributed by atoms with Gasteiger partial charge in [-0.15, -0.1) is 0 Å². The Morgan fingerprint density at radius 1 is 1.38 bits per heavy atom. The number of rotatable bonds is 1. The molecule has 3 aliphatic rings. The number of allylic oxidation sites excluding steroid dienone is 2. The van der Waals surface area contributed by atoms with Gasteiger partial charge < -0.3 is 5.32 Å². The number of aliphatic imine (C=N–C) groups is 1. The lowest BCUT2D eigenvalue weighted by Gasteiger charge is -2.24. The van der Waals surface area contributed by atoms with Crippen molar-refractivity contribution < 1.29 is 4.21 Å². The molecule has 86 valence electrons. The van der Waals surface area contributed by atoms with Gasteiger partial charge in [-0.3, -0.25) is 9.20 Å². The fraction of sp³-hybridized carbons (Fsp3) is 0.583. The maximum absolute atomic E-state index is 12.2. The van der Waals surface area contributed by atoms with Crippen molar-refractivity contribution in [1.29, 1.82) is 0 Å². The fourth-order valence-corrected chi connectivity index (χ4v) is 4.52. The van der Waals surface area contributed by atoms with Gasteiger partial charge in [0.15, 0.2) is 0 Å². The number of dihydropyridines is 1. The maximum atomic E-state index is 12.2. The predicted octanol–water partition coefficient (Wildman–Crippen LogP) is 1.01. The van der Waals surface area contributed by atoms with Crippen LogP contribution in [0.2, 0.25) is 0 Å². The molecular formula is C12H16N2OS. The van der Waals surface area contributed by atoms with Crippen LogP contribution < -0.4 is 5.32 Å². The van der Waals surface area contributed by atoms with Crippen LogP contribution in [0.5, 0.6) is 0 Å². The van der Waals surface area contributed by atoms with Crippen LogP contribution in [0.1, 0.15) is 12.8 Å². The van der Waals surface area contributed by atoms with E-state index in [1.807, 2.05) is 12.3 Å². The van der Waals surface area contributed by atoms with E-state index in [1.54, 1.807) is 0 Å². The van der Waals surface area contributed by atoms with E-state index in [0.29, 0.717) is 5.92 Å². The van der Waals surface area contributed by atoms with Crippen molar-refractivity contribution in [3.63, 3.8) is 0 Å². The minimum atomic E-state index is -0.775. The van der Waals surface area contributed by atoms with Crippen LogP contribution in [0, 0.1) is 5.92 Å². The van der Waals surface area contributed by atoms with Gasteiger partial charge in [0.1, 0.15) is 0 Å². The Balaban J connectivity index is 1.94. The Morgan fingerprint density at radius 2 is 2.19 bits per heavy atom. The molecule has 3 rings (SSSR count). The summed E-state index contributed by atoms with van der Waals surface area (Å²) in [6, 6.07) is 0. The summed E-state index contributed by atoms with van der Waals surface area (Å²) >= 11 is 0. The highest BCUT2D eigenvalue weighted by Crippen LogP contribution is 2.37. The molecule has 1 unspecified atom stereocenters. The molecule has 3 heterocycles. The standard InChI is InChI=1S/C12H16N2OS/c15-16-8-10-3-6-14-7-11(10)12(16)9-1-4-13-5-2-9/h3,6,9,13H,1-2,4-5,7-8H2. The van der Waals surface area contributed by atoms with Gasteiger partial charge in [0, 0.05) is 11.1 Å². The summed E-state index contributed by atoms with van der Waals surface area (Å²) in [5.74, 6) is 1.25. The molecule has 1 saturated heterocycles. The third-order valence-electron chi connectivity index (χ3n) is 3.56. The third kappa shape index (κ3) is 1.70. The zero-order valence-electron chi connectivity index (χ0n) is 9.24. The summed E-state index contributed by atoms with van der Waals surface area (Å²) < 4.78 is 12.2. The first kappa shape index (κ1) is 10.4. The molecule has 0 spiro atoms. The molecular weight excluding hydrogens is 220 g/mol. The Hall–Kier alpha value is -0.740. The average molecular weight is 236 g/mol. The molecule has 1 N–H and O–H groups in total. The molecule has 4 heteroatoms. The second-order valence-electron chi connectivity index (χ2n) is 4.54. The molecule has 0 bridgehead atoms. The third-order valence-corrected chi connectivity index (χ3v) is 5.20. The van der Waals surface area contributed by atoms with E-state index in [9.17, 15) is 4.21 Å². The molecule has 0 aliphatic carbocycles. The van der Waals surface area contributed by atoms with E-state index >= 15 is 0 Å². The predicted molar refractivity (Wildman–Crippen MR) is 67.1 cm³/mol. The first-order valence-electron chi connectivity index (χ1n) is 5.88. The Bertz CT molecular complexity index is 417. The Labute approximate surface area is 98.2 Å². The number of fused-ring (bicyclic) bond motifs is 1. The fourth-order valence-electron chi connectivity index (χ4n) is 2.73. The molecule has 0 saturated carbocycles. The first-order chi connectivity index (χ1) is 7.86. The highest BCUT2D eigenvalue weighted by Gasteiger charge is 2.32. The van der Waals surface area contributed by atoms with E-state index in [1.165, 1.54) is 16.1 Å². The van der Waals surface area contributed by atoms with Crippen LogP contribution in [0.4, 0.5) is 0 Å². The maximum Gasteiger partial charge on any atom is 0.0651 e. The van der Waals surface area contributed by atoms with Crippen molar-refractivity contribution in [1.82, 2.24) is 5.32 Å². The minimum Gasteiger partial charge on any atom is -0.317 e. The molecule has 1 atom stereocenters. The number of piperidine rings is 1. The van der Waals surface area contributed by atoms with Crippen LogP contribution in [0.25, 0.3) is 0 Å². The molecule has 1 fully saturated rings. The Morgan fingerprint density at radius 3 is 3.00 bits per heavy atom. The second-order valence-corrected chi connectivity index (χ2v) is 5.96. The lowest BCUT2D eigenvalue weighted by molar-refractivity contribution is 0.429. The van der Waals surface area contributed by atoms with Crippen molar-refractivity contribution in [2.75, 3.05) is 25.4 Å². The average Bonchev–Trinajstić information content (AvgIpc) is 2.66. The van der Waals surface area contributed by atoms with Gasteiger partial charge in [-0.05, 0) is 49.1 Å². The molecule has 16 heavy (non-hydrogen) atoms. The van der Waals surface area contributed by atoms with E-state index in [2.05, 4.69) is 10.3 Å². The summed E-state index contributed by atoms with van der Waals surface area (Å²) in [5.41, 5.74) is 2.55. The Kier molecular flexibility index (Phi) is 2.77. The number of nitrogens with one attached hydrogen (secondary N) is 1. The summed E-state index contributed by atoms with van der Waals surface area (Å²) in [5, 5.41) is 3.36. The van der Waals surface area contributed by atoms with Crippen LogP contribution in [0.3, 0.4) is 0 Å². The van der Waals surface area contributed by atoms with Crippen LogP contribution >= 0.6 is 0 Å². The van der Waals surface area contributed by atoms with Crippen molar-refractivity contribution in [2.24, 2.45) is 10.9 Å². The lowest BCUT2D eigenvalue weighted by Crippen LogP contribution is -2.29. The van der Waals surface area contributed by atoms with Gasteiger partial charge in [0.2, 0.25) is 0 Å². The minimum absolute atomic E-state index is 0.524.